The minimum atomic E-state index is 1.20. The van der Waals surface area contributed by atoms with E-state index in [-0.39, 0.29) is 0 Å². The first-order valence-corrected chi connectivity index (χ1v) is 17.3. The molecule has 0 heterocycles. The molecule has 0 aromatic heterocycles. The van der Waals surface area contributed by atoms with Gasteiger partial charge in [0, 0.05) is 0 Å². The van der Waals surface area contributed by atoms with Gasteiger partial charge in [-0.3, -0.25) is 0 Å². The van der Waals surface area contributed by atoms with E-state index in [1.165, 1.54) is 88.3 Å². The molecule has 0 saturated heterocycles. The molecule has 9 rings (SSSR count). The third-order valence-corrected chi connectivity index (χ3v) is 9.87. The second kappa shape index (κ2) is 12.8. The van der Waals surface area contributed by atoms with E-state index in [9.17, 15) is 0 Å². The zero-order valence-corrected chi connectivity index (χ0v) is 27.6. The van der Waals surface area contributed by atoms with Crippen molar-refractivity contribution in [2.75, 3.05) is 0 Å². The van der Waals surface area contributed by atoms with Crippen molar-refractivity contribution < 1.29 is 0 Å². The zero-order chi connectivity index (χ0) is 33.3. The fourth-order valence-electron chi connectivity index (χ4n) is 7.52. The Morgan fingerprint density at radius 2 is 0.500 bits per heavy atom. The second-order valence-corrected chi connectivity index (χ2v) is 12.9. The van der Waals surface area contributed by atoms with Gasteiger partial charge in [0.15, 0.2) is 0 Å². The predicted octanol–water partition coefficient (Wildman–Crippen LogP) is 14.0. The average Bonchev–Trinajstić information content (AvgIpc) is 3.21. The van der Waals surface area contributed by atoms with Crippen LogP contribution in [0.25, 0.3) is 88.3 Å². The fourth-order valence-corrected chi connectivity index (χ4v) is 7.52. The average molecular weight is 635 g/mol. The normalized spacial score (nSPS) is 11.2. The maximum atomic E-state index is 2.32. The SMILES string of the molecule is c1ccc(-c2cc(-c3ccccc3)cc(-c3ccc(-c4c5ccccc5c(-c5ccccc5-c5ccccc5)c5ccccc45)cc3)c2)cc1. The quantitative estimate of drug-likeness (QED) is 0.160. The van der Waals surface area contributed by atoms with E-state index in [2.05, 4.69) is 206 Å². The summed E-state index contributed by atoms with van der Waals surface area (Å²) in [4.78, 5) is 0. The van der Waals surface area contributed by atoms with E-state index in [1.807, 2.05) is 0 Å². The lowest BCUT2D eigenvalue weighted by molar-refractivity contribution is 1.56. The van der Waals surface area contributed by atoms with Crippen molar-refractivity contribution in [3.05, 3.63) is 206 Å². The maximum absolute atomic E-state index is 2.32. The van der Waals surface area contributed by atoms with Gasteiger partial charge in [0.2, 0.25) is 0 Å². The van der Waals surface area contributed by atoms with Crippen molar-refractivity contribution in [1.82, 2.24) is 0 Å². The van der Waals surface area contributed by atoms with Crippen LogP contribution in [0.5, 0.6) is 0 Å². The Morgan fingerprint density at radius 3 is 0.960 bits per heavy atom. The van der Waals surface area contributed by atoms with Crippen LogP contribution >= 0.6 is 0 Å². The minimum absolute atomic E-state index is 1.20. The lowest BCUT2D eigenvalue weighted by atomic mass is 9.83. The van der Waals surface area contributed by atoms with Crippen LogP contribution in [0, 0.1) is 0 Å². The highest BCUT2D eigenvalue weighted by atomic mass is 14.2. The molecule has 50 heavy (non-hydrogen) atoms. The molecule has 0 amide bonds. The summed E-state index contributed by atoms with van der Waals surface area (Å²) in [6.45, 7) is 0. The van der Waals surface area contributed by atoms with E-state index in [4.69, 9.17) is 0 Å². The van der Waals surface area contributed by atoms with E-state index >= 15 is 0 Å². The molecule has 234 valence electrons. The molecule has 0 aliphatic carbocycles. The topological polar surface area (TPSA) is 0 Å². The Hall–Kier alpha value is -6.50. The van der Waals surface area contributed by atoms with Gasteiger partial charge in [-0.25, -0.2) is 0 Å². The van der Waals surface area contributed by atoms with E-state index in [1.54, 1.807) is 0 Å². The molecule has 0 spiro atoms. The van der Waals surface area contributed by atoms with Gasteiger partial charge in [-0.05, 0) is 107 Å². The molecule has 0 bridgehead atoms. The first-order valence-electron chi connectivity index (χ1n) is 17.3. The van der Waals surface area contributed by atoms with E-state index < -0.39 is 0 Å². The number of hydrogen-bond acceptors (Lipinski definition) is 0. The Kier molecular flexibility index (Phi) is 7.61. The zero-order valence-electron chi connectivity index (χ0n) is 27.6. The second-order valence-electron chi connectivity index (χ2n) is 12.9. The Labute approximate surface area is 293 Å². The summed E-state index contributed by atoms with van der Waals surface area (Å²) in [5, 5.41) is 5.04. The number of benzene rings is 9. The molecule has 0 radical (unpaired) electrons. The molecule has 0 aliphatic heterocycles. The van der Waals surface area contributed by atoms with Crippen molar-refractivity contribution in [3.8, 4) is 66.8 Å². The van der Waals surface area contributed by atoms with Crippen LogP contribution in [0.2, 0.25) is 0 Å². The summed E-state index contributed by atoms with van der Waals surface area (Å²) < 4.78 is 0. The summed E-state index contributed by atoms with van der Waals surface area (Å²) >= 11 is 0. The third-order valence-electron chi connectivity index (χ3n) is 9.87. The lowest BCUT2D eigenvalue weighted by Gasteiger charge is -2.20. The number of rotatable bonds is 6. The van der Waals surface area contributed by atoms with E-state index in [0.717, 1.165) is 0 Å². The van der Waals surface area contributed by atoms with Crippen molar-refractivity contribution in [2.24, 2.45) is 0 Å². The largest absolute Gasteiger partial charge is 0.0622 e. The molecule has 0 atom stereocenters. The number of hydrogen-bond donors (Lipinski definition) is 0. The molecular formula is C50H34. The molecule has 9 aromatic rings. The summed E-state index contributed by atoms with van der Waals surface area (Å²) in [6, 6.07) is 74.9. The highest BCUT2D eigenvalue weighted by Crippen LogP contribution is 2.46. The van der Waals surface area contributed by atoms with Crippen molar-refractivity contribution in [2.45, 2.75) is 0 Å². The number of fused-ring (bicyclic) bond motifs is 2. The lowest BCUT2D eigenvalue weighted by Crippen LogP contribution is -1.92. The van der Waals surface area contributed by atoms with Gasteiger partial charge >= 0.3 is 0 Å². The van der Waals surface area contributed by atoms with Crippen LogP contribution in [0.1, 0.15) is 0 Å². The van der Waals surface area contributed by atoms with Gasteiger partial charge in [-0.2, -0.15) is 0 Å². The first kappa shape index (κ1) is 29.6. The minimum Gasteiger partial charge on any atom is -0.0622 e. The maximum Gasteiger partial charge on any atom is -0.00201 e. The summed E-state index contributed by atoms with van der Waals surface area (Å²) in [5.74, 6) is 0. The van der Waals surface area contributed by atoms with Crippen LogP contribution in [0.15, 0.2) is 206 Å². The molecule has 0 nitrogen and oxygen atoms in total. The molecule has 0 unspecified atom stereocenters. The Bertz CT molecular complexity index is 2480. The van der Waals surface area contributed by atoms with Crippen LogP contribution in [-0.4, -0.2) is 0 Å². The summed E-state index contributed by atoms with van der Waals surface area (Å²) in [5.41, 5.74) is 14.8. The first-order chi connectivity index (χ1) is 24.8. The van der Waals surface area contributed by atoms with Gasteiger partial charge < -0.3 is 0 Å². The van der Waals surface area contributed by atoms with Crippen LogP contribution < -0.4 is 0 Å². The third kappa shape index (κ3) is 5.38. The summed E-state index contributed by atoms with van der Waals surface area (Å²) in [7, 11) is 0. The molecule has 0 N–H and O–H groups in total. The molecule has 0 aliphatic rings. The monoisotopic (exact) mass is 634 g/mol. The van der Waals surface area contributed by atoms with Crippen molar-refractivity contribution >= 4 is 21.5 Å². The van der Waals surface area contributed by atoms with Crippen LogP contribution in [0.3, 0.4) is 0 Å². The molecule has 0 saturated carbocycles. The molecule has 0 fully saturated rings. The van der Waals surface area contributed by atoms with Crippen molar-refractivity contribution in [1.29, 1.82) is 0 Å². The van der Waals surface area contributed by atoms with Crippen LogP contribution in [0.4, 0.5) is 0 Å². The van der Waals surface area contributed by atoms with Gasteiger partial charge in [-0.15, -0.1) is 0 Å². The van der Waals surface area contributed by atoms with Gasteiger partial charge in [0.25, 0.3) is 0 Å². The van der Waals surface area contributed by atoms with E-state index in [0.29, 0.717) is 0 Å². The fraction of sp³-hybridized carbons (Fsp3) is 0. The van der Waals surface area contributed by atoms with Crippen molar-refractivity contribution in [3.63, 3.8) is 0 Å². The molecular weight excluding hydrogens is 601 g/mol. The van der Waals surface area contributed by atoms with Gasteiger partial charge in [0.05, 0.1) is 0 Å². The van der Waals surface area contributed by atoms with Gasteiger partial charge in [0.1, 0.15) is 0 Å². The Balaban J connectivity index is 1.21. The highest BCUT2D eigenvalue weighted by molar-refractivity contribution is 6.22. The predicted molar refractivity (Wildman–Crippen MR) is 214 cm³/mol. The van der Waals surface area contributed by atoms with Gasteiger partial charge in [-0.1, -0.05) is 188 Å². The Morgan fingerprint density at radius 1 is 0.180 bits per heavy atom. The smallest absolute Gasteiger partial charge is 0.00201 e. The highest BCUT2D eigenvalue weighted by Gasteiger charge is 2.19. The molecule has 9 aromatic carbocycles. The standard InChI is InChI=1S/C50H34/c1-4-16-35(17-5-1)40-32-41(36-18-6-2-7-19-36)34-42(33-40)37-28-30-39(31-29-37)49-45-24-12-14-26-47(45)50(48-27-15-13-25-46(48)49)44-23-11-10-22-43(44)38-20-8-3-9-21-38/h1-34H. The van der Waals surface area contributed by atoms with Crippen LogP contribution in [-0.2, 0) is 0 Å². The molecule has 0 heteroatoms. The summed E-state index contributed by atoms with van der Waals surface area (Å²) in [6.07, 6.45) is 0.